The van der Waals surface area contributed by atoms with Crippen molar-refractivity contribution in [3.63, 3.8) is 0 Å². The van der Waals surface area contributed by atoms with Gasteiger partial charge in [0.2, 0.25) is 5.95 Å². The third-order valence-electron chi connectivity index (χ3n) is 3.87. The number of hydrogen-bond acceptors (Lipinski definition) is 3. The summed E-state index contributed by atoms with van der Waals surface area (Å²) in [6.07, 6.45) is 9.09. The van der Waals surface area contributed by atoms with Crippen LogP contribution in [0.3, 0.4) is 0 Å². The van der Waals surface area contributed by atoms with E-state index in [1.165, 1.54) is 38.5 Å². The summed E-state index contributed by atoms with van der Waals surface area (Å²) < 4.78 is 2.87. The Morgan fingerprint density at radius 3 is 2.61 bits per heavy atom. The average Bonchev–Trinajstić information content (AvgIpc) is 2.59. The molecule has 1 N–H and O–H groups in total. The van der Waals surface area contributed by atoms with Gasteiger partial charge in [-0.25, -0.2) is 5.10 Å². The molecule has 0 radical (unpaired) electrons. The van der Waals surface area contributed by atoms with Gasteiger partial charge in [-0.2, -0.15) is 0 Å². The minimum atomic E-state index is 0.619. The highest BCUT2D eigenvalue weighted by Gasteiger charge is 2.21. The number of rotatable bonds is 4. The highest BCUT2D eigenvalue weighted by molar-refractivity contribution is 7.71. The van der Waals surface area contributed by atoms with E-state index >= 15 is 0 Å². The summed E-state index contributed by atoms with van der Waals surface area (Å²) in [7, 11) is 2.16. The van der Waals surface area contributed by atoms with E-state index in [-0.39, 0.29) is 0 Å². The molecule has 18 heavy (non-hydrogen) atoms. The Balaban J connectivity index is 2.16. The van der Waals surface area contributed by atoms with Gasteiger partial charge in [-0.1, -0.05) is 32.6 Å². The Morgan fingerprint density at radius 2 is 2.00 bits per heavy atom. The van der Waals surface area contributed by atoms with E-state index in [9.17, 15) is 0 Å². The molecule has 0 saturated heterocycles. The molecule has 1 aliphatic carbocycles. The van der Waals surface area contributed by atoms with Crippen LogP contribution in [-0.2, 0) is 6.54 Å². The molecule has 0 unspecified atom stereocenters. The minimum Gasteiger partial charge on any atom is -0.341 e. The van der Waals surface area contributed by atoms with Gasteiger partial charge in [0.15, 0.2) is 4.77 Å². The lowest BCUT2D eigenvalue weighted by Gasteiger charge is -2.28. The topological polar surface area (TPSA) is 36.9 Å². The van der Waals surface area contributed by atoms with Gasteiger partial charge in [-0.15, -0.1) is 5.10 Å². The van der Waals surface area contributed by atoms with Crippen molar-refractivity contribution in [3.05, 3.63) is 4.77 Å². The normalized spacial score (nSPS) is 17.7. The summed E-state index contributed by atoms with van der Waals surface area (Å²) >= 11 is 5.30. The van der Waals surface area contributed by atoms with Crippen LogP contribution in [0.1, 0.15) is 51.9 Å². The first-order valence-electron chi connectivity index (χ1n) is 7.12. The Labute approximate surface area is 114 Å². The maximum Gasteiger partial charge on any atom is 0.225 e. The zero-order valence-electron chi connectivity index (χ0n) is 11.5. The maximum atomic E-state index is 5.30. The molecule has 102 valence electrons. The van der Waals surface area contributed by atoms with Crippen LogP contribution in [-0.4, -0.2) is 27.9 Å². The van der Waals surface area contributed by atoms with Crippen molar-refractivity contribution in [3.8, 4) is 0 Å². The van der Waals surface area contributed by atoms with Crippen molar-refractivity contribution in [2.75, 3.05) is 11.9 Å². The Hall–Kier alpha value is -0.840. The molecule has 5 heteroatoms. The van der Waals surface area contributed by atoms with Gasteiger partial charge in [-0.3, -0.25) is 4.57 Å². The van der Waals surface area contributed by atoms with Crippen LogP contribution < -0.4 is 4.90 Å². The third kappa shape index (κ3) is 2.94. The molecule has 0 amide bonds. The van der Waals surface area contributed by atoms with Gasteiger partial charge in [0, 0.05) is 19.6 Å². The molecule has 2 rings (SSSR count). The Bertz CT molecular complexity index is 415. The molecule has 0 bridgehead atoms. The summed E-state index contributed by atoms with van der Waals surface area (Å²) in [5.74, 6) is 1.01. The second-order valence-electron chi connectivity index (χ2n) is 5.24. The standard InChI is InChI=1S/C13H24N4S/c1-3-10-17-12(14-15-13(17)18)16(2)11-8-6-4-5-7-9-11/h11H,3-10H2,1-2H3,(H,15,18). The number of aromatic nitrogens is 3. The highest BCUT2D eigenvalue weighted by atomic mass is 32.1. The third-order valence-corrected chi connectivity index (χ3v) is 4.18. The van der Waals surface area contributed by atoms with E-state index < -0.39 is 0 Å². The lowest BCUT2D eigenvalue weighted by Crippen LogP contribution is -2.33. The molecule has 1 aromatic rings. The molecule has 4 nitrogen and oxygen atoms in total. The van der Waals surface area contributed by atoms with E-state index in [1.807, 2.05) is 0 Å². The predicted molar refractivity (Wildman–Crippen MR) is 77.6 cm³/mol. The number of aromatic amines is 1. The van der Waals surface area contributed by atoms with E-state index in [4.69, 9.17) is 12.2 Å². The number of hydrogen-bond donors (Lipinski definition) is 1. The van der Waals surface area contributed by atoms with Crippen molar-refractivity contribution in [1.82, 2.24) is 14.8 Å². The molecule has 1 heterocycles. The summed E-state index contributed by atoms with van der Waals surface area (Å²) in [6.45, 7) is 3.12. The van der Waals surface area contributed by atoms with E-state index in [0.29, 0.717) is 6.04 Å². The van der Waals surface area contributed by atoms with Gasteiger partial charge in [0.25, 0.3) is 0 Å². The van der Waals surface area contributed by atoms with Crippen molar-refractivity contribution in [2.45, 2.75) is 64.5 Å². The molecule has 1 aliphatic rings. The summed E-state index contributed by atoms with van der Waals surface area (Å²) in [4.78, 5) is 2.33. The quantitative estimate of drug-likeness (QED) is 0.670. The number of nitrogens with one attached hydrogen (secondary N) is 1. The molecule has 1 aromatic heterocycles. The Morgan fingerprint density at radius 1 is 1.33 bits per heavy atom. The molecule has 0 atom stereocenters. The van der Waals surface area contributed by atoms with Gasteiger partial charge in [0.1, 0.15) is 0 Å². The molecular weight excluding hydrogens is 244 g/mol. The SMILES string of the molecule is CCCn1c(N(C)C2CCCCCC2)n[nH]c1=S. The van der Waals surface area contributed by atoms with Crippen molar-refractivity contribution >= 4 is 18.2 Å². The number of H-pyrrole nitrogens is 1. The fourth-order valence-corrected chi connectivity index (χ4v) is 3.03. The first kappa shape index (κ1) is 13.6. The predicted octanol–water partition coefficient (Wildman–Crippen LogP) is 3.51. The smallest absolute Gasteiger partial charge is 0.225 e. The van der Waals surface area contributed by atoms with Crippen LogP contribution in [0.25, 0.3) is 0 Å². The first-order valence-corrected chi connectivity index (χ1v) is 7.53. The molecule has 0 aliphatic heterocycles. The van der Waals surface area contributed by atoms with Crippen LogP contribution in [0.4, 0.5) is 5.95 Å². The van der Waals surface area contributed by atoms with Crippen molar-refractivity contribution in [1.29, 1.82) is 0 Å². The van der Waals surface area contributed by atoms with Crippen molar-refractivity contribution in [2.24, 2.45) is 0 Å². The van der Waals surface area contributed by atoms with Crippen LogP contribution in [0, 0.1) is 4.77 Å². The molecule has 1 fully saturated rings. The molecular formula is C13H24N4S. The van der Waals surface area contributed by atoms with E-state index in [2.05, 4.69) is 33.6 Å². The zero-order chi connectivity index (χ0) is 13.0. The average molecular weight is 268 g/mol. The fraction of sp³-hybridized carbons (Fsp3) is 0.846. The van der Waals surface area contributed by atoms with Crippen LogP contribution in [0.5, 0.6) is 0 Å². The lowest BCUT2D eigenvalue weighted by atomic mass is 10.1. The molecule has 0 spiro atoms. The summed E-state index contributed by atoms with van der Waals surface area (Å²) in [6, 6.07) is 0.619. The second kappa shape index (κ2) is 6.36. The second-order valence-corrected chi connectivity index (χ2v) is 5.62. The first-order chi connectivity index (χ1) is 8.74. The van der Waals surface area contributed by atoms with E-state index in [1.54, 1.807) is 0 Å². The van der Waals surface area contributed by atoms with E-state index in [0.717, 1.165) is 23.7 Å². The van der Waals surface area contributed by atoms with Crippen LogP contribution in [0.15, 0.2) is 0 Å². The molecule has 0 aromatic carbocycles. The van der Waals surface area contributed by atoms with Crippen LogP contribution in [0.2, 0.25) is 0 Å². The van der Waals surface area contributed by atoms with Crippen LogP contribution >= 0.6 is 12.2 Å². The highest BCUT2D eigenvalue weighted by Crippen LogP contribution is 2.24. The molecule has 1 saturated carbocycles. The monoisotopic (exact) mass is 268 g/mol. The van der Waals surface area contributed by atoms with Gasteiger partial charge in [-0.05, 0) is 31.5 Å². The fourth-order valence-electron chi connectivity index (χ4n) is 2.81. The maximum absolute atomic E-state index is 5.30. The van der Waals surface area contributed by atoms with Crippen molar-refractivity contribution < 1.29 is 0 Å². The van der Waals surface area contributed by atoms with Gasteiger partial charge in [0.05, 0.1) is 0 Å². The minimum absolute atomic E-state index is 0.619. The number of anilines is 1. The summed E-state index contributed by atoms with van der Waals surface area (Å²) in [5.41, 5.74) is 0. The lowest BCUT2D eigenvalue weighted by molar-refractivity contribution is 0.530. The Kier molecular flexibility index (Phi) is 4.80. The van der Waals surface area contributed by atoms with Gasteiger partial charge >= 0.3 is 0 Å². The summed E-state index contributed by atoms with van der Waals surface area (Å²) in [5, 5.41) is 7.34. The zero-order valence-corrected chi connectivity index (χ0v) is 12.3. The van der Waals surface area contributed by atoms with Gasteiger partial charge < -0.3 is 4.90 Å². The largest absolute Gasteiger partial charge is 0.341 e. The number of nitrogens with zero attached hydrogens (tertiary/aromatic N) is 3.